The number of nitrogens with one attached hydrogen (secondary N) is 4. The predicted octanol–water partition coefficient (Wildman–Crippen LogP) is -6.04. The highest BCUT2D eigenvalue weighted by Crippen LogP contribution is 2.37. The molecule has 0 aromatic carbocycles. The molecule has 0 aliphatic carbocycles. The fourth-order valence-corrected chi connectivity index (χ4v) is 3.73. The molecule has 3 aliphatic rings. The minimum Gasteiger partial charge on any atom is -0.360 e. The van der Waals surface area contributed by atoms with E-state index in [1.807, 2.05) is 0 Å². The Morgan fingerprint density at radius 1 is 1.55 bits per heavy atom. The zero-order valence-electron chi connectivity index (χ0n) is 12.4. The van der Waals surface area contributed by atoms with Crippen LogP contribution in [0.1, 0.15) is 19.3 Å². The summed E-state index contributed by atoms with van der Waals surface area (Å²) in [6, 6.07) is -0.721. The SMILES string of the molecule is CNC(=O)CC[C@@H]1NC(N)=[N+]2CCC(O)(O)[C@@]23NC(N)=[NH+][C@@H]13. The number of hydrogen-bond donors (Lipinski definition) is 8. The van der Waals surface area contributed by atoms with E-state index in [-0.39, 0.29) is 24.3 Å². The van der Waals surface area contributed by atoms with E-state index in [0.29, 0.717) is 25.3 Å². The van der Waals surface area contributed by atoms with Crippen molar-refractivity contribution in [3.05, 3.63) is 0 Å². The molecule has 0 radical (unpaired) electrons. The number of guanidine groups is 2. The van der Waals surface area contributed by atoms with Crippen molar-refractivity contribution in [1.82, 2.24) is 16.0 Å². The highest BCUT2D eigenvalue weighted by molar-refractivity contribution is 5.78. The van der Waals surface area contributed by atoms with Gasteiger partial charge in [0.2, 0.25) is 11.7 Å². The van der Waals surface area contributed by atoms with Gasteiger partial charge in [-0.3, -0.25) is 26.6 Å². The Morgan fingerprint density at radius 2 is 2.27 bits per heavy atom. The Labute approximate surface area is 127 Å². The van der Waals surface area contributed by atoms with E-state index in [2.05, 4.69) is 20.9 Å². The van der Waals surface area contributed by atoms with Gasteiger partial charge in [-0.05, 0) is 6.42 Å². The molecular formula is C12H23N7O3+2. The Hall–Kier alpha value is -2.07. The first kappa shape index (κ1) is 14.9. The number of nitrogens with zero attached hydrogens (tertiary/aromatic N) is 1. The van der Waals surface area contributed by atoms with Crippen molar-refractivity contribution in [1.29, 1.82) is 0 Å². The van der Waals surface area contributed by atoms with Crippen molar-refractivity contribution in [2.24, 2.45) is 11.5 Å². The molecule has 0 aromatic rings. The van der Waals surface area contributed by atoms with E-state index < -0.39 is 17.5 Å². The number of rotatable bonds is 3. The Kier molecular flexibility index (Phi) is 3.18. The molecule has 3 rings (SSSR count). The third kappa shape index (κ3) is 1.83. The van der Waals surface area contributed by atoms with Crippen LogP contribution in [0.25, 0.3) is 0 Å². The molecule has 0 aromatic heterocycles. The van der Waals surface area contributed by atoms with Gasteiger partial charge in [-0.1, -0.05) is 0 Å². The molecule has 0 unspecified atom stereocenters. The quantitative estimate of drug-likeness (QED) is 0.190. The first-order valence-corrected chi connectivity index (χ1v) is 7.31. The molecule has 22 heavy (non-hydrogen) atoms. The minimum atomic E-state index is -2.00. The topological polar surface area (TPSA) is 163 Å². The molecule has 0 saturated carbocycles. The van der Waals surface area contributed by atoms with Gasteiger partial charge in [0.05, 0.1) is 6.54 Å². The van der Waals surface area contributed by atoms with Gasteiger partial charge < -0.3 is 15.5 Å². The van der Waals surface area contributed by atoms with E-state index in [1.165, 1.54) is 0 Å². The van der Waals surface area contributed by atoms with Crippen LogP contribution in [0, 0.1) is 0 Å². The molecule has 0 bridgehead atoms. The maximum atomic E-state index is 11.5. The minimum absolute atomic E-state index is 0.0922. The van der Waals surface area contributed by atoms with Gasteiger partial charge in [-0.25, -0.2) is 9.89 Å². The van der Waals surface area contributed by atoms with Crippen LogP contribution >= 0.6 is 0 Å². The summed E-state index contributed by atoms with van der Waals surface area (Å²) in [6.07, 6.45) is 0.897. The largest absolute Gasteiger partial charge is 0.360 e. The standard InChI is InChI=1S/C12H21N7O3/c1-15-7(20)3-2-6-8-12(18-9(13)17-8)11(21,22)4-5-19(12)10(14)16-6/h6,8,21-22H,2-5H2,1H3,(H6,13,14,15,16,17,18,20)/p+2/t6-,8-,12-/m0/s1. The van der Waals surface area contributed by atoms with Crippen LogP contribution < -0.4 is 32.4 Å². The smallest absolute Gasteiger partial charge is 0.347 e. The Morgan fingerprint density at radius 3 is 2.95 bits per heavy atom. The van der Waals surface area contributed by atoms with E-state index in [0.717, 1.165) is 0 Å². The molecule has 10 heteroatoms. The average molecular weight is 313 g/mol. The van der Waals surface area contributed by atoms with Gasteiger partial charge >= 0.3 is 11.9 Å². The zero-order chi connectivity index (χ0) is 16.1. The molecule has 1 fully saturated rings. The van der Waals surface area contributed by atoms with Gasteiger partial charge in [0, 0.05) is 19.9 Å². The summed E-state index contributed by atoms with van der Waals surface area (Å²) >= 11 is 0. The summed E-state index contributed by atoms with van der Waals surface area (Å²) in [5.74, 6) is -1.49. The van der Waals surface area contributed by atoms with Gasteiger partial charge in [-0.2, -0.15) is 0 Å². The Balaban J connectivity index is 1.96. The maximum Gasteiger partial charge on any atom is 0.347 e. The van der Waals surface area contributed by atoms with Crippen LogP contribution in [-0.2, 0) is 4.79 Å². The van der Waals surface area contributed by atoms with Crippen LogP contribution in [0.4, 0.5) is 0 Å². The van der Waals surface area contributed by atoms with Crippen molar-refractivity contribution >= 4 is 17.8 Å². The molecule has 3 heterocycles. The number of hydrogen-bond acceptors (Lipinski definition) is 7. The average Bonchev–Trinajstić information content (AvgIpc) is 2.94. The monoisotopic (exact) mass is 313 g/mol. The van der Waals surface area contributed by atoms with Crippen LogP contribution in [0.2, 0.25) is 0 Å². The first-order chi connectivity index (χ1) is 10.3. The molecule has 1 amide bonds. The lowest BCUT2D eigenvalue weighted by molar-refractivity contribution is -0.674. The molecule has 3 atom stereocenters. The summed E-state index contributed by atoms with van der Waals surface area (Å²) < 4.78 is 1.68. The van der Waals surface area contributed by atoms with Crippen molar-refractivity contribution in [2.75, 3.05) is 13.6 Å². The van der Waals surface area contributed by atoms with Crippen LogP contribution in [0.5, 0.6) is 0 Å². The number of amides is 1. The third-order valence-electron chi connectivity index (χ3n) is 4.79. The van der Waals surface area contributed by atoms with Gasteiger partial charge in [0.25, 0.3) is 5.66 Å². The second-order valence-electron chi connectivity index (χ2n) is 5.99. The van der Waals surface area contributed by atoms with Gasteiger partial charge in [0.1, 0.15) is 6.04 Å². The summed E-state index contributed by atoms with van der Waals surface area (Å²) in [5, 5.41) is 29.6. The molecule has 10 N–H and O–H groups in total. The van der Waals surface area contributed by atoms with Crippen LogP contribution in [0.3, 0.4) is 0 Å². The molecule has 122 valence electrons. The summed E-state index contributed by atoms with van der Waals surface area (Å²) in [4.78, 5) is 14.5. The zero-order valence-corrected chi connectivity index (χ0v) is 12.4. The first-order valence-electron chi connectivity index (χ1n) is 7.31. The number of carbonyl (C=O) groups is 1. The van der Waals surface area contributed by atoms with Crippen molar-refractivity contribution in [3.8, 4) is 0 Å². The molecular weight excluding hydrogens is 290 g/mol. The second kappa shape index (κ2) is 4.71. The van der Waals surface area contributed by atoms with E-state index >= 15 is 0 Å². The molecule has 1 saturated heterocycles. The van der Waals surface area contributed by atoms with E-state index in [9.17, 15) is 15.0 Å². The van der Waals surface area contributed by atoms with Crippen LogP contribution in [-0.4, -0.2) is 69.7 Å². The fraction of sp³-hybridized carbons (Fsp3) is 0.750. The van der Waals surface area contributed by atoms with Gasteiger partial charge in [-0.15, -0.1) is 0 Å². The maximum absolute atomic E-state index is 11.5. The molecule has 10 nitrogen and oxygen atoms in total. The molecule has 3 aliphatic heterocycles. The van der Waals surface area contributed by atoms with E-state index in [1.54, 1.807) is 11.6 Å². The summed E-state index contributed by atoms with van der Waals surface area (Å²) in [7, 11) is 1.57. The predicted molar refractivity (Wildman–Crippen MR) is 76.1 cm³/mol. The van der Waals surface area contributed by atoms with Crippen molar-refractivity contribution in [3.63, 3.8) is 0 Å². The normalized spacial score (nSPS) is 35.1. The lowest BCUT2D eigenvalue weighted by atomic mass is 9.85. The highest BCUT2D eigenvalue weighted by Gasteiger charge is 2.74. The Bertz CT molecular complexity index is 573. The molecule has 1 spiro atoms. The number of aliphatic hydroxyl groups is 2. The van der Waals surface area contributed by atoms with Crippen LogP contribution in [0.15, 0.2) is 0 Å². The second-order valence-corrected chi connectivity index (χ2v) is 5.99. The fourth-order valence-electron chi connectivity index (χ4n) is 3.73. The number of carbonyl (C=O) groups excluding carboxylic acids is 1. The highest BCUT2D eigenvalue weighted by atomic mass is 16.5. The summed E-state index contributed by atoms with van der Waals surface area (Å²) in [6.45, 7) is 0.381. The lowest BCUT2D eigenvalue weighted by Gasteiger charge is -2.40. The van der Waals surface area contributed by atoms with E-state index in [4.69, 9.17) is 11.5 Å². The van der Waals surface area contributed by atoms with Crippen molar-refractivity contribution in [2.45, 2.75) is 42.8 Å². The third-order valence-corrected chi connectivity index (χ3v) is 4.79. The van der Waals surface area contributed by atoms with Gasteiger partial charge in [0.15, 0.2) is 6.04 Å². The number of nitrogens with two attached hydrogens (primary N) is 2. The lowest BCUT2D eigenvalue weighted by Crippen LogP contribution is -2.91. The van der Waals surface area contributed by atoms with Crippen molar-refractivity contribution < 1.29 is 24.6 Å². The summed E-state index contributed by atoms with van der Waals surface area (Å²) in [5.41, 5.74) is 10.7.